The molecule has 33 heavy (non-hydrogen) atoms. The molecule has 2 rings (SSSR count). The second kappa shape index (κ2) is 14.2. The van der Waals surface area contributed by atoms with Crippen molar-refractivity contribution in [3.8, 4) is 5.75 Å². The van der Waals surface area contributed by atoms with Gasteiger partial charge < -0.3 is 4.74 Å². The molecule has 3 nitrogen and oxygen atoms in total. The number of ether oxygens (including phenoxy) is 1. The van der Waals surface area contributed by atoms with Crippen molar-refractivity contribution in [2.75, 3.05) is 6.61 Å². The van der Waals surface area contributed by atoms with Gasteiger partial charge in [-0.15, -0.1) is 0 Å². The minimum Gasteiger partial charge on any atom is -0.493 e. The van der Waals surface area contributed by atoms with Gasteiger partial charge in [0.1, 0.15) is 5.75 Å². The zero-order chi connectivity index (χ0) is 24.1. The lowest BCUT2D eigenvalue weighted by Gasteiger charge is -2.23. The summed E-state index contributed by atoms with van der Waals surface area (Å²) in [5.74, 6) is 0.976. The monoisotopic (exact) mass is 450 g/mol. The molecular formula is C30H46N2O. The Morgan fingerprint density at radius 1 is 0.667 bits per heavy atom. The maximum absolute atomic E-state index is 6.21. The quantitative estimate of drug-likeness (QED) is 0.208. The number of unbranched alkanes of at least 4 members (excludes halogenated alkanes) is 9. The van der Waals surface area contributed by atoms with Crippen molar-refractivity contribution in [1.82, 2.24) is 0 Å². The molecule has 2 aromatic carbocycles. The molecule has 3 heteroatoms. The highest BCUT2D eigenvalue weighted by Crippen LogP contribution is 2.35. The Kier molecular flexibility index (Phi) is 11.6. The van der Waals surface area contributed by atoms with Gasteiger partial charge >= 0.3 is 0 Å². The third-order valence-electron chi connectivity index (χ3n) is 6.30. The molecule has 0 bridgehead atoms. The average molecular weight is 451 g/mol. The number of hydrogen-bond donors (Lipinski definition) is 0. The van der Waals surface area contributed by atoms with Crippen LogP contribution in [-0.2, 0) is 5.41 Å². The van der Waals surface area contributed by atoms with E-state index in [-0.39, 0.29) is 5.41 Å². The molecular weight excluding hydrogens is 404 g/mol. The second-order valence-corrected chi connectivity index (χ2v) is 10.4. The van der Waals surface area contributed by atoms with Gasteiger partial charge in [0, 0.05) is 5.56 Å². The summed E-state index contributed by atoms with van der Waals surface area (Å²) in [7, 11) is 0. The summed E-state index contributed by atoms with van der Waals surface area (Å²) >= 11 is 0. The minimum absolute atomic E-state index is 0.0148. The molecule has 0 saturated carbocycles. The van der Waals surface area contributed by atoms with E-state index in [1.165, 1.54) is 74.5 Å². The van der Waals surface area contributed by atoms with Crippen molar-refractivity contribution in [2.45, 2.75) is 111 Å². The van der Waals surface area contributed by atoms with Crippen LogP contribution in [0.3, 0.4) is 0 Å². The van der Waals surface area contributed by atoms with E-state index in [0.29, 0.717) is 0 Å². The first-order valence-electron chi connectivity index (χ1n) is 13.1. The fourth-order valence-corrected chi connectivity index (χ4v) is 3.97. The molecule has 0 heterocycles. The standard InChI is InChI=1S/C30H46N2O/c1-7-8-9-10-11-12-13-14-15-16-21-33-29-20-19-27(23-28(29)30(4,5)6)32-31-26-18-17-24(2)25(3)22-26/h17-20,22-23H,7-16,21H2,1-6H3. The summed E-state index contributed by atoms with van der Waals surface area (Å²) in [5, 5.41) is 8.94. The van der Waals surface area contributed by atoms with Gasteiger partial charge in [0.2, 0.25) is 0 Å². The molecule has 0 radical (unpaired) electrons. The summed E-state index contributed by atoms with van der Waals surface area (Å²) in [6.07, 6.45) is 13.4. The van der Waals surface area contributed by atoms with Crippen LogP contribution in [0.1, 0.15) is 109 Å². The summed E-state index contributed by atoms with van der Waals surface area (Å²) in [4.78, 5) is 0. The molecule has 0 unspecified atom stereocenters. The molecule has 0 N–H and O–H groups in total. The topological polar surface area (TPSA) is 34.0 Å². The Hall–Kier alpha value is -2.16. The van der Waals surface area contributed by atoms with Crippen LogP contribution in [-0.4, -0.2) is 6.61 Å². The van der Waals surface area contributed by atoms with Crippen LogP contribution in [0.2, 0.25) is 0 Å². The third-order valence-corrected chi connectivity index (χ3v) is 6.30. The van der Waals surface area contributed by atoms with Gasteiger partial charge in [-0.2, -0.15) is 10.2 Å². The zero-order valence-corrected chi connectivity index (χ0v) is 22.0. The van der Waals surface area contributed by atoms with E-state index in [1.54, 1.807) is 0 Å². The van der Waals surface area contributed by atoms with Gasteiger partial charge in [0.05, 0.1) is 18.0 Å². The van der Waals surface area contributed by atoms with Crippen molar-refractivity contribution in [3.63, 3.8) is 0 Å². The normalized spacial score (nSPS) is 11.9. The van der Waals surface area contributed by atoms with E-state index in [4.69, 9.17) is 4.74 Å². The van der Waals surface area contributed by atoms with Gasteiger partial charge in [-0.05, 0) is 67.1 Å². The fourth-order valence-electron chi connectivity index (χ4n) is 3.97. The van der Waals surface area contributed by atoms with Crippen molar-refractivity contribution < 1.29 is 4.74 Å². The van der Waals surface area contributed by atoms with Crippen LogP contribution in [0, 0.1) is 13.8 Å². The number of rotatable bonds is 14. The lowest BCUT2D eigenvalue weighted by atomic mass is 9.86. The predicted molar refractivity (Wildman–Crippen MR) is 143 cm³/mol. The largest absolute Gasteiger partial charge is 0.493 e. The molecule has 0 aliphatic heterocycles. The molecule has 182 valence electrons. The SMILES string of the molecule is CCCCCCCCCCCCOc1ccc(N=Nc2ccc(C)c(C)c2)cc1C(C)(C)C. The first-order valence-corrected chi connectivity index (χ1v) is 13.1. The predicted octanol–water partition coefficient (Wildman–Crippen LogP) is 10.3. The summed E-state index contributed by atoms with van der Waals surface area (Å²) in [6, 6.07) is 12.4. The van der Waals surface area contributed by atoms with Crippen molar-refractivity contribution >= 4 is 11.4 Å². The summed E-state index contributed by atoms with van der Waals surface area (Å²) in [6.45, 7) is 13.9. The van der Waals surface area contributed by atoms with Gasteiger partial charge in [-0.25, -0.2) is 0 Å². The minimum atomic E-state index is -0.0148. The molecule has 0 spiro atoms. The maximum Gasteiger partial charge on any atom is 0.123 e. The molecule has 2 aromatic rings. The molecule has 0 fully saturated rings. The molecule has 0 amide bonds. The summed E-state index contributed by atoms with van der Waals surface area (Å²) < 4.78 is 6.21. The van der Waals surface area contributed by atoms with Crippen LogP contribution in [0.5, 0.6) is 5.75 Å². The Balaban J connectivity index is 1.84. The highest BCUT2D eigenvalue weighted by Gasteiger charge is 2.19. The zero-order valence-electron chi connectivity index (χ0n) is 22.0. The van der Waals surface area contributed by atoms with E-state index in [1.807, 2.05) is 12.1 Å². The van der Waals surface area contributed by atoms with E-state index < -0.39 is 0 Å². The number of azo groups is 1. The number of benzene rings is 2. The fraction of sp³-hybridized carbons (Fsp3) is 0.600. The van der Waals surface area contributed by atoms with E-state index >= 15 is 0 Å². The Morgan fingerprint density at radius 2 is 1.21 bits per heavy atom. The van der Waals surface area contributed by atoms with E-state index in [0.717, 1.165) is 30.2 Å². The van der Waals surface area contributed by atoms with Gasteiger partial charge in [0.25, 0.3) is 0 Å². The first-order chi connectivity index (χ1) is 15.8. The number of nitrogens with zero attached hydrogens (tertiary/aromatic N) is 2. The Bertz CT molecular complexity index is 864. The van der Waals surface area contributed by atoms with Crippen molar-refractivity contribution in [2.24, 2.45) is 10.2 Å². The van der Waals surface area contributed by atoms with Crippen LogP contribution >= 0.6 is 0 Å². The highest BCUT2D eigenvalue weighted by molar-refractivity contribution is 5.51. The van der Waals surface area contributed by atoms with Crippen molar-refractivity contribution in [1.29, 1.82) is 0 Å². The van der Waals surface area contributed by atoms with Crippen LogP contribution in [0.4, 0.5) is 11.4 Å². The summed E-state index contributed by atoms with van der Waals surface area (Å²) in [5.41, 5.74) is 5.43. The smallest absolute Gasteiger partial charge is 0.123 e. The number of aryl methyl sites for hydroxylation is 2. The van der Waals surface area contributed by atoms with Crippen LogP contribution < -0.4 is 4.74 Å². The number of hydrogen-bond acceptors (Lipinski definition) is 3. The lowest BCUT2D eigenvalue weighted by molar-refractivity contribution is 0.296. The van der Waals surface area contributed by atoms with Gasteiger partial charge in [-0.3, -0.25) is 0 Å². The third kappa shape index (κ3) is 10.1. The second-order valence-electron chi connectivity index (χ2n) is 10.4. The highest BCUT2D eigenvalue weighted by atomic mass is 16.5. The van der Waals surface area contributed by atoms with Crippen LogP contribution in [0.15, 0.2) is 46.6 Å². The average Bonchev–Trinajstić information content (AvgIpc) is 2.78. The van der Waals surface area contributed by atoms with Crippen molar-refractivity contribution in [3.05, 3.63) is 53.1 Å². The van der Waals surface area contributed by atoms with E-state index in [2.05, 4.69) is 76.0 Å². The lowest BCUT2D eigenvalue weighted by Crippen LogP contribution is -2.13. The van der Waals surface area contributed by atoms with E-state index in [9.17, 15) is 0 Å². The molecule has 0 aliphatic carbocycles. The molecule has 0 saturated heterocycles. The Morgan fingerprint density at radius 3 is 1.79 bits per heavy atom. The molecule has 0 atom stereocenters. The molecule has 0 aliphatic rings. The first kappa shape index (κ1) is 27.1. The Labute approximate surface area is 203 Å². The molecule has 0 aromatic heterocycles. The van der Waals surface area contributed by atoms with Crippen LogP contribution in [0.25, 0.3) is 0 Å². The van der Waals surface area contributed by atoms with Gasteiger partial charge in [-0.1, -0.05) is 91.5 Å². The maximum atomic E-state index is 6.21. The van der Waals surface area contributed by atoms with Gasteiger partial charge in [0.15, 0.2) is 0 Å².